The molecule has 0 bridgehead atoms. The van der Waals surface area contributed by atoms with Crippen LogP contribution in [0, 0.1) is 5.82 Å². The molecule has 0 spiro atoms. The van der Waals surface area contributed by atoms with E-state index in [9.17, 15) is 4.39 Å². The van der Waals surface area contributed by atoms with Gasteiger partial charge in [0.25, 0.3) is 0 Å². The van der Waals surface area contributed by atoms with E-state index >= 15 is 0 Å². The zero-order chi connectivity index (χ0) is 11.5. The van der Waals surface area contributed by atoms with Crippen molar-refractivity contribution in [2.24, 2.45) is 0 Å². The maximum atomic E-state index is 13.3. The summed E-state index contributed by atoms with van der Waals surface area (Å²) in [7, 11) is 0. The van der Waals surface area contributed by atoms with Crippen LogP contribution in [0.3, 0.4) is 0 Å². The van der Waals surface area contributed by atoms with E-state index in [1.54, 1.807) is 6.07 Å². The Balaban J connectivity index is 2.27. The SMILES string of the molecule is Nc1cc(F)c(Br)cc1N1CCCSCC1. The standard InChI is InChI=1S/C11H14BrFN2S/c12-8-6-11(10(14)7-9(8)13)15-2-1-4-16-5-3-15/h6-7H,1-5,14H2. The summed E-state index contributed by atoms with van der Waals surface area (Å²) in [6.45, 7) is 1.97. The lowest BCUT2D eigenvalue weighted by atomic mass is 10.2. The Hall–Kier alpha value is -0.420. The Morgan fingerprint density at radius 2 is 2.12 bits per heavy atom. The van der Waals surface area contributed by atoms with Gasteiger partial charge in [-0.1, -0.05) is 0 Å². The molecule has 2 nitrogen and oxygen atoms in total. The lowest BCUT2D eigenvalue weighted by molar-refractivity contribution is 0.621. The second-order valence-electron chi connectivity index (χ2n) is 3.78. The van der Waals surface area contributed by atoms with Crippen molar-refractivity contribution in [1.29, 1.82) is 0 Å². The Morgan fingerprint density at radius 3 is 2.94 bits per heavy atom. The first-order valence-electron chi connectivity index (χ1n) is 5.25. The van der Waals surface area contributed by atoms with Gasteiger partial charge in [-0.25, -0.2) is 4.39 Å². The number of nitrogens with zero attached hydrogens (tertiary/aromatic N) is 1. The van der Waals surface area contributed by atoms with Crippen molar-refractivity contribution in [3.8, 4) is 0 Å². The van der Waals surface area contributed by atoms with Crippen molar-refractivity contribution < 1.29 is 4.39 Å². The fourth-order valence-electron chi connectivity index (χ4n) is 1.81. The molecule has 0 aliphatic carbocycles. The van der Waals surface area contributed by atoms with E-state index in [1.165, 1.54) is 11.8 Å². The second kappa shape index (κ2) is 5.27. The summed E-state index contributed by atoms with van der Waals surface area (Å²) in [5.74, 6) is 2.00. The van der Waals surface area contributed by atoms with Crippen LogP contribution in [0.2, 0.25) is 0 Å². The fraction of sp³-hybridized carbons (Fsp3) is 0.455. The summed E-state index contributed by atoms with van der Waals surface area (Å²) in [6, 6.07) is 3.16. The van der Waals surface area contributed by atoms with Gasteiger partial charge in [-0.2, -0.15) is 11.8 Å². The normalized spacial score (nSPS) is 17.2. The van der Waals surface area contributed by atoms with Gasteiger partial charge < -0.3 is 10.6 Å². The highest BCUT2D eigenvalue weighted by atomic mass is 79.9. The summed E-state index contributed by atoms with van der Waals surface area (Å²) in [4.78, 5) is 2.24. The van der Waals surface area contributed by atoms with Gasteiger partial charge >= 0.3 is 0 Å². The van der Waals surface area contributed by atoms with E-state index in [4.69, 9.17) is 5.73 Å². The summed E-state index contributed by atoms with van der Waals surface area (Å²) in [5.41, 5.74) is 7.32. The largest absolute Gasteiger partial charge is 0.397 e. The first-order chi connectivity index (χ1) is 7.68. The monoisotopic (exact) mass is 304 g/mol. The van der Waals surface area contributed by atoms with Gasteiger partial charge in [-0.3, -0.25) is 0 Å². The van der Waals surface area contributed by atoms with Crippen LogP contribution in [-0.2, 0) is 0 Å². The lowest BCUT2D eigenvalue weighted by Gasteiger charge is -2.24. The summed E-state index contributed by atoms with van der Waals surface area (Å²) in [5, 5.41) is 0. The maximum Gasteiger partial charge on any atom is 0.139 e. The van der Waals surface area contributed by atoms with Gasteiger partial charge in [-0.15, -0.1) is 0 Å². The number of rotatable bonds is 1. The van der Waals surface area contributed by atoms with Crippen molar-refractivity contribution in [3.63, 3.8) is 0 Å². The number of thioether (sulfide) groups is 1. The highest BCUT2D eigenvalue weighted by Gasteiger charge is 2.14. The summed E-state index contributed by atoms with van der Waals surface area (Å²) < 4.78 is 13.7. The van der Waals surface area contributed by atoms with Crippen molar-refractivity contribution in [3.05, 3.63) is 22.4 Å². The molecule has 1 heterocycles. The molecule has 1 aliphatic rings. The van der Waals surface area contributed by atoms with Gasteiger partial charge in [0.05, 0.1) is 15.8 Å². The number of nitrogen functional groups attached to an aromatic ring is 1. The van der Waals surface area contributed by atoms with Crippen LogP contribution in [0.1, 0.15) is 6.42 Å². The smallest absolute Gasteiger partial charge is 0.139 e. The molecule has 0 amide bonds. The first kappa shape index (κ1) is 12.0. The Bertz CT molecular complexity index is 378. The maximum absolute atomic E-state index is 13.3. The van der Waals surface area contributed by atoms with Crippen LogP contribution in [0.4, 0.5) is 15.8 Å². The predicted molar refractivity (Wildman–Crippen MR) is 72.7 cm³/mol. The number of nitrogens with two attached hydrogens (primary N) is 1. The molecule has 16 heavy (non-hydrogen) atoms. The molecular formula is C11H14BrFN2S. The fourth-order valence-corrected chi connectivity index (χ4v) is 3.03. The van der Waals surface area contributed by atoms with Crippen LogP contribution in [-0.4, -0.2) is 24.6 Å². The quantitative estimate of drug-likeness (QED) is 0.808. The highest BCUT2D eigenvalue weighted by molar-refractivity contribution is 9.10. The van der Waals surface area contributed by atoms with E-state index in [1.807, 2.05) is 11.8 Å². The highest BCUT2D eigenvalue weighted by Crippen LogP contribution is 2.30. The number of hydrogen-bond donors (Lipinski definition) is 1. The Labute approximate surface area is 108 Å². The van der Waals surface area contributed by atoms with E-state index in [0.717, 1.165) is 31.0 Å². The van der Waals surface area contributed by atoms with Gasteiger partial charge in [0.15, 0.2) is 0 Å². The van der Waals surface area contributed by atoms with E-state index in [2.05, 4.69) is 20.8 Å². The third kappa shape index (κ3) is 2.63. The van der Waals surface area contributed by atoms with Gasteiger partial charge in [0.2, 0.25) is 0 Å². The zero-order valence-corrected chi connectivity index (χ0v) is 11.3. The summed E-state index contributed by atoms with van der Waals surface area (Å²) >= 11 is 5.16. The lowest BCUT2D eigenvalue weighted by Crippen LogP contribution is -2.26. The minimum absolute atomic E-state index is 0.301. The van der Waals surface area contributed by atoms with Gasteiger partial charge in [-0.05, 0) is 34.2 Å². The molecule has 2 rings (SSSR count). The zero-order valence-electron chi connectivity index (χ0n) is 8.88. The van der Waals surface area contributed by atoms with Crippen LogP contribution < -0.4 is 10.6 Å². The van der Waals surface area contributed by atoms with E-state index in [0.29, 0.717) is 10.2 Å². The van der Waals surface area contributed by atoms with Crippen molar-refractivity contribution in [2.45, 2.75) is 6.42 Å². The molecule has 1 aromatic carbocycles. The molecular weight excluding hydrogens is 291 g/mol. The van der Waals surface area contributed by atoms with Crippen molar-refractivity contribution in [1.82, 2.24) is 0 Å². The molecule has 88 valence electrons. The molecule has 0 saturated carbocycles. The third-order valence-corrected chi connectivity index (χ3v) is 4.29. The van der Waals surface area contributed by atoms with E-state index in [-0.39, 0.29) is 5.82 Å². The number of hydrogen-bond acceptors (Lipinski definition) is 3. The van der Waals surface area contributed by atoms with Gasteiger partial charge in [0, 0.05) is 24.9 Å². The number of halogens is 2. The van der Waals surface area contributed by atoms with Gasteiger partial charge in [0.1, 0.15) is 5.82 Å². The topological polar surface area (TPSA) is 29.3 Å². The molecule has 1 fully saturated rings. The minimum atomic E-state index is -0.301. The first-order valence-corrected chi connectivity index (χ1v) is 7.20. The Morgan fingerprint density at radius 1 is 1.31 bits per heavy atom. The van der Waals surface area contributed by atoms with Crippen LogP contribution in [0.15, 0.2) is 16.6 Å². The molecule has 1 saturated heterocycles. The Kier molecular flexibility index (Phi) is 3.97. The average molecular weight is 305 g/mol. The molecule has 1 aliphatic heterocycles. The van der Waals surface area contributed by atoms with Crippen molar-refractivity contribution in [2.75, 3.05) is 35.2 Å². The van der Waals surface area contributed by atoms with Crippen LogP contribution >= 0.6 is 27.7 Å². The molecule has 2 N–H and O–H groups in total. The van der Waals surface area contributed by atoms with Crippen molar-refractivity contribution >= 4 is 39.1 Å². The molecule has 0 aromatic heterocycles. The molecule has 1 aromatic rings. The average Bonchev–Trinajstić information content (AvgIpc) is 2.52. The molecule has 0 radical (unpaired) electrons. The third-order valence-electron chi connectivity index (χ3n) is 2.63. The van der Waals surface area contributed by atoms with Crippen LogP contribution in [0.25, 0.3) is 0 Å². The number of benzene rings is 1. The molecule has 0 unspecified atom stereocenters. The number of anilines is 2. The predicted octanol–water partition coefficient (Wildman–Crippen LogP) is 3.11. The second-order valence-corrected chi connectivity index (χ2v) is 5.86. The molecule has 0 atom stereocenters. The minimum Gasteiger partial charge on any atom is -0.397 e. The van der Waals surface area contributed by atoms with E-state index < -0.39 is 0 Å². The van der Waals surface area contributed by atoms with Crippen LogP contribution in [0.5, 0.6) is 0 Å². The summed E-state index contributed by atoms with van der Waals surface area (Å²) in [6.07, 6.45) is 1.15. The molecule has 5 heteroatoms.